The molecule has 241 valence electrons. The number of methoxy groups -OCH3 is 2. The quantitative estimate of drug-likeness (QED) is 0.0753. The molecule has 5 nitrogen and oxygen atoms in total. The van der Waals surface area contributed by atoms with Gasteiger partial charge in [-0.1, -0.05) is 117 Å². The van der Waals surface area contributed by atoms with Crippen LogP contribution in [0, 0.1) is 56.0 Å². The van der Waals surface area contributed by atoms with E-state index in [0.29, 0.717) is 17.9 Å². The molecule has 0 unspecified atom stereocenters. The zero-order valence-electron chi connectivity index (χ0n) is 27.2. The fourth-order valence-corrected chi connectivity index (χ4v) is 7.18. The molecular weight excluding hydrogens is 645 g/mol. The van der Waals surface area contributed by atoms with E-state index in [0.717, 1.165) is 5.56 Å². The van der Waals surface area contributed by atoms with E-state index in [1.165, 1.54) is 15.9 Å². The molecule has 0 aliphatic heterocycles. The standard InChI is InChI=1S/C18H15P.C16H20NO3.C5H5.CO.Fe/c1-4-10-16(11-5-1)19(17-12-6-2-7-13-17)18-14-8-3-9-15-18;1-12(2)16(11-17,8-5-9-18)13-6-7-14(19-3)15(10-13)20-4;1-2-4-5-3-1;1-2;/h1-15H;6-7,10,12H,5,8H2,1-4H3;1-5H;;/q;-1;;;+2/t;16-;;;/m.1.../s1. The maximum absolute atomic E-state index is 10.6. The van der Waals surface area contributed by atoms with E-state index in [2.05, 4.69) is 104 Å². The summed E-state index contributed by atoms with van der Waals surface area (Å²) in [7, 11) is 2.68. The van der Waals surface area contributed by atoms with Crippen molar-refractivity contribution in [2.24, 2.45) is 5.92 Å². The van der Waals surface area contributed by atoms with Gasteiger partial charge in [0.2, 0.25) is 0 Å². The summed E-state index contributed by atoms with van der Waals surface area (Å²) in [6.07, 6.45) is 12.6. The van der Waals surface area contributed by atoms with Crippen LogP contribution in [0.15, 0.2) is 109 Å². The monoisotopic (exact) mass is 685 g/mol. The van der Waals surface area contributed by atoms with Crippen molar-refractivity contribution in [3.8, 4) is 17.6 Å². The van der Waals surface area contributed by atoms with Crippen LogP contribution < -0.4 is 25.4 Å². The van der Waals surface area contributed by atoms with Crippen LogP contribution in [0.3, 0.4) is 0 Å². The first-order valence-corrected chi connectivity index (χ1v) is 16.2. The van der Waals surface area contributed by atoms with Crippen molar-refractivity contribution in [3.05, 3.63) is 154 Å². The first kappa shape index (κ1) is 41.4. The van der Waals surface area contributed by atoms with Crippen molar-refractivity contribution in [3.63, 3.8) is 0 Å². The van der Waals surface area contributed by atoms with Crippen LogP contribution in [0.5, 0.6) is 11.5 Å². The van der Waals surface area contributed by atoms with Crippen LogP contribution in [0.2, 0.25) is 0 Å². The molecule has 1 atom stereocenters. The number of nitriles is 1. The van der Waals surface area contributed by atoms with Gasteiger partial charge in [0.1, 0.15) is 0 Å². The summed E-state index contributed by atoms with van der Waals surface area (Å²) in [6.45, 7) is 8.45. The van der Waals surface area contributed by atoms with E-state index in [9.17, 15) is 10.1 Å². The van der Waals surface area contributed by atoms with Gasteiger partial charge in [-0.05, 0) is 79.6 Å². The summed E-state index contributed by atoms with van der Waals surface area (Å²) in [6, 6.07) is 40.2. The number of rotatable bonds is 10. The molecule has 0 bridgehead atoms. The summed E-state index contributed by atoms with van der Waals surface area (Å²) in [5.74, 6) is 1.27. The van der Waals surface area contributed by atoms with Gasteiger partial charge in [0.15, 0.2) is 11.5 Å². The first-order valence-electron chi connectivity index (χ1n) is 14.8. The summed E-state index contributed by atoms with van der Waals surface area (Å²) in [5.41, 5.74) is 0.111. The molecule has 0 aromatic heterocycles. The third-order valence-corrected chi connectivity index (χ3v) is 9.75. The SMILES string of the molecule is COc1ccc([C@@](C#N)(CC[C-]=O)C(C)C)cc1OC.[C-]#[O+].[CH]1[CH][CH][CH][CH]1.[Fe+2].c1ccc(P(c2ccccc2)c2ccccc2)cc1. The fraction of sp³-hybridized carbons (Fsp3) is 0.200. The van der Waals surface area contributed by atoms with E-state index < -0.39 is 13.3 Å². The Morgan fingerprint density at radius 1 is 0.745 bits per heavy atom. The second-order valence-electron chi connectivity index (χ2n) is 10.3. The Labute approximate surface area is 293 Å². The molecule has 1 saturated carbocycles. The molecule has 0 heterocycles. The number of hydrogen-bond donors (Lipinski definition) is 0. The summed E-state index contributed by atoms with van der Waals surface area (Å²) in [5, 5.41) is 13.9. The zero-order valence-corrected chi connectivity index (χ0v) is 29.2. The number of benzene rings is 4. The molecule has 1 fully saturated rings. The van der Waals surface area contributed by atoms with Gasteiger partial charge in [-0.2, -0.15) is 11.7 Å². The van der Waals surface area contributed by atoms with Gasteiger partial charge in [0.05, 0.1) is 25.7 Å². The molecule has 4 aromatic rings. The minimum atomic E-state index is -0.725. The van der Waals surface area contributed by atoms with Crippen molar-refractivity contribution in [2.45, 2.75) is 32.1 Å². The summed E-state index contributed by atoms with van der Waals surface area (Å²) < 4.78 is 18.0. The third-order valence-electron chi connectivity index (χ3n) is 7.30. The van der Waals surface area contributed by atoms with E-state index in [-0.39, 0.29) is 29.4 Å². The van der Waals surface area contributed by atoms with Crippen molar-refractivity contribution < 1.29 is 36.0 Å². The molecular formula is C40H40FeNO4P+. The maximum Gasteiger partial charge on any atom is 2.00 e. The Morgan fingerprint density at radius 3 is 1.47 bits per heavy atom. The Morgan fingerprint density at radius 2 is 1.15 bits per heavy atom. The Balaban J connectivity index is 0.000000384. The molecule has 1 aliphatic rings. The molecule has 0 spiro atoms. The van der Waals surface area contributed by atoms with Gasteiger partial charge in [0, 0.05) is 0 Å². The molecule has 0 N–H and O–H groups in total. The molecule has 1 aliphatic carbocycles. The number of ether oxygens (including phenoxy) is 2. The average Bonchev–Trinajstić information content (AvgIpc) is 3.72. The van der Waals surface area contributed by atoms with Crippen LogP contribution >= 0.6 is 7.92 Å². The molecule has 0 amide bonds. The summed E-state index contributed by atoms with van der Waals surface area (Å²) in [4.78, 5) is 10.6. The normalized spacial score (nSPS) is 12.6. The van der Waals surface area contributed by atoms with Gasteiger partial charge in [-0.25, -0.2) is 0 Å². The minimum Gasteiger partial charge on any atom is -0.0622 e. The summed E-state index contributed by atoms with van der Waals surface area (Å²) >= 11 is 0. The minimum absolute atomic E-state index is 0. The van der Waals surface area contributed by atoms with Crippen LogP contribution in [-0.4, -0.2) is 20.5 Å². The predicted molar refractivity (Wildman–Crippen MR) is 187 cm³/mol. The predicted octanol–water partition coefficient (Wildman–Crippen LogP) is 7.44. The van der Waals surface area contributed by atoms with E-state index in [1.54, 1.807) is 20.3 Å². The Bertz CT molecular complexity index is 1370. The maximum atomic E-state index is 10.6. The van der Waals surface area contributed by atoms with Gasteiger partial charge < -0.3 is 14.3 Å². The van der Waals surface area contributed by atoms with E-state index >= 15 is 0 Å². The number of carbonyl (C=O) groups excluding carboxylic acids is 1. The fourth-order valence-electron chi connectivity index (χ4n) is 4.88. The molecule has 7 heteroatoms. The van der Waals surface area contributed by atoms with Crippen molar-refractivity contribution >= 4 is 30.1 Å². The second kappa shape index (κ2) is 23.6. The first-order chi connectivity index (χ1) is 22.5. The van der Waals surface area contributed by atoms with Gasteiger partial charge in [0.25, 0.3) is 0 Å². The largest absolute Gasteiger partial charge is 2.00 e. The molecule has 5 radical (unpaired) electrons. The molecule has 4 aromatic carbocycles. The van der Waals surface area contributed by atoms with Crippen molar-refractivity contribution in [2.75, 3.05) is 14.2 Å². The zero-order chi connectivity index (χ0) is 33.6. The average molecular weight is 686 g/mol. The Hall–Kier alpha value is -3.67. The van der Waals surface area contributed by atoms with Crippen molar-refractivity contribution in [1.29, 1.82) is 5.26 Å². The van der Waals surface area contributed by atoms with Crippen LogP contribution in [0.25, 0.3) is 0 Å². The molecule has 0 saturated heterocycles. The molecule has 47 heavy (non-hydrogen) atoms. The van der Waals surface area contributed by atoms with Crippen LogP contribution in [0.4, 0.5) is 0 Å². The smallest absolute Gasteiger partial charge is 0.0622 e. The van der Waals surface area contributed by atoms with Crippen LogP contribution in [0.1, 0.15) is 32.3 Å². The van der Waals surface area contributed by atoms with Gasteiger partial charge >= 0.3 is 28.4 Å². The molecule has 5 rings (SSSR count). The Kier molecular flexibility index (Phi) is 20.8. The van der Waals surface area contributed by atoms with Crippen LogP contribution in [-0.2, 0) is 31.9 Å². The van der Waals surface area contributed by atoms with Gasteiger partial charge in [-0.15, -0.1) is 0 Å². The van der Waals surface area contributed by atoms with E-state index in [1.807, 2.05) is 64.4 Å². The van der Waals surface area contributed by atoms with Gasteiger partial charge in [-0.3, -0.25) is 6.29 Å². The number of hydrogen-bond acceptors (Lipinski definition) is 4. The second-order valence-corrected chi connectivity index (χ2v) is 12.5. The topological polar surface area (TPSA) is 79.2 Å². The van der Waals surface area contributed by atoms with Crippen molar-refractivity contribution in [1.82, 2.24) is 0 Å². The van der Waals surface area contributed by atoms with E-state index in [4.69, 9.17) is 14.1 Å². The third kappa shape index (κ3) is 12.5. The number of nitrogens with zero attached hydrogens (tertiary/aromatic N) is 1.